The van der Waals surface area contributed by atoms with E-state index in [1.165, 1.54) is 22.0 Å². The zero-order valence-electron chi connectivity index (χ0n) is 14.7. The Hall–Kier alpha value is -1.90. The van der Waals surface area contributed by atoms with Crippen molar-refractivity contribution in [3.63, 3.8) is 0 Å². The second-order valence-electron chi connectivity index (χ2n) is 7.05. The molecule has 0 radical (unpaired) electrons. The molecule has 0 saturated carbocycles. The van der Waals surface area contributed by atoms with E-state index in [-0.39, 0.29) is 23.0 Å². The monoisotopic (exact) mass is 378 g/mol. The van der Waals surface area contributed by atoms with Crippen molar-refractivity contribution in [3.05, 3.63) is 29.8 Å². The first-order chi connectivity index (χ1) is 12.4. The summed E-state index contributed by atoms with van der Waals surface area (Å²) >= 11 is 0. The van der Waals surface area contributed by atoms with Crippen molar-refractivity contribution in [2.24, 2.45) is 0 Å². The number of sulfonamides is 1. The van der Waals surface area contributed by atoms with Crippen LogP contribution in [0.2, 0.25) is 0 Å². The van der Waals surface area contributed by atoms with Crippen LogP contribution in [0.3, 0.4) is 0 Å². The van der Waals surface area contributed by atoms with Crippen LogP contribution in [-0.2, 0) is 19.6 Å². The lowest BCUT2D eigenvalue weighted by Gasteiger charge is -2.41. The quantitative estimate of drug-likeness (QED) is 0.795. The van der Waals surface area contributed by atoms with Crippen LogP contribution in [0.4, 0.5) is 5.69 Å². The summed E-state index contributed by atoms with van der Waals surface area (Å²) in [4.78, 5) is 11.6. The van der Waals surface area contributed by atoms with Crippen LogP contribution in [0, 0.1) is 0 Å². The molecule has 1 spiro atoms. The van der Waals surface area contributed by atoms with Gasteiger partial charge in [-0.15, -0.1) is 0 Å². The van der Waals surface area contributed by atoms with Crippen molar-refractivity contribution in [2.75, 3.05) is 31.6 Å². The van der Waals surface area contributed by atoms with Crippen molar-refractivity contribution in [2.45, 2.75) is 36.7 Å². The highest BCUT2D eigenvalue weighted by molar-refractivity contribution is 7.89. The minimum Gasteiger partial charge on any atom is -0.482 e. The van der Waals surface area contributed by atoms with Gasteiger partial charge in [0.15, 0.2) is 6.61 Å². The molecule has 1 aromatic carbocycles. The number of piperidine rings is 1. The molecule has 0 aliphatic carbocycles. The van der Waals surface area contributed by atoms with E-state index in [0.29, 0.717) is 44.0 Å². The summed E-state index contributed by atoms with van der Waals surface area (Å²) in [6.07, 6.45) is 4.39. The lowest BCUT2D eigenvalue weighted by Crippen LogP contribution is -2.48. The highest BCUT2D eigenvalue weighted by Crippen LogP contribution is 2.36. The number of hydrogen-bond donors (Lipinski definition) is 1. The van der Waals surface area contributed by atoms with E-state index >= 15 is 0 Å². The Bertz CT molecular complexity index is 870. The van der Waals surface area contributed by atoms with Gasteiger partial charge in [0.1, 0.15) is 5.75 Å². The Labute approximate surface area is 153 Å². The van der Waals surface area contributed by atoms with Crippen molar-refractivity contribution in [3.8, 4) is 5.75 Å². The van der Waals surface area contributed by atoms with Gasteiger partial charge in [-0.1, -0.05) is 11.6 Å². The first-order valence-corrected chi connectivity index (χ1v) is 10.2. The molecule has 0 atom stereocenters. The number of benzene rings is 1. The largest absolute Gasteiger partial charge is 0.482 e. The Morgan fingerprint density at radius 3 is 2.73 bits per heavy atom. The van der Waals surface area contributed by atoms with Gasteiger partial charge in [-0.2, -0.15) is 4.31 Å². The molecule has 1 aromatic rings. The molecule has 1 saturated heterocycles. The molecule has 8 heteroatoms. The van der Waals surface area contributed by atoms with Gasteiger partial charge >= 0.3 is 0 Å². The molecule has 3 aliphatic heterocycles. The number of anilines is 1. The second-order valence-corrected chi connectivity index (χ2v) is 8.99. The topological polar surface area (TPSA) is 84.9 Å². The summed E-state index contributed by atoms with van der Waals surface area (Å²) in [6, 6.07) is 4.58. The van der Waals surface area contributed by atoms with Crippen LogP contribution in [0.1, 0.15) is 26.2 Å². The average Bonchev–Trinajstić information content (AvgIpc) is 2.61. The Kier molecular flexibility index (Phi) is 4.29. The van der Waals surface area contributed by atoms with Crippen LogP contribution in [-0.4, -0.2) is 50.5 Å². The molecule has 1 fully saturated rings. The third kappa shape index (κ3) is 3.13. The van der Waals surface area contributed by atoms with Gasteiger partial charge in [0.2, 0.25) is 10.0 Å². The van der Waals surface area contributed by atoms with Crippen molar-refractivity contribution < 1.29 is 22.7 Å². The van der Waals surface area contributed by atoms with E-state index in [2.05, 4.69) is 18.3 Å². The minimum atomic E-state index is -3.63. The van der Waals surface area contributed by atoms with Gasteiger partial charge in [-0.05, 0) is 44.4 Å². The molecule has 1 N–H and O–H groups in total. The molecule has 26 heavy (non-hydrogen) atoms. The number of nitrogens with one attached hydrogen (secondary N) is 1. The maximum atomic E-state index is 13.0. The van der Waals surface area contributed by atoms with Crippen molar-refractivity contribution in [1.29, 1.82) is 0 Å². The average molecular weight is 378 g/mol. The summed E-state index contributed by atoms with van der Waals surface area (Å²) in [5.74, 6) is 0.195. The van der Waals surface area contributed by atoms with Crippen LogP contribution in [0.25, 0.3) is 0 Å². The molecule has 140 valence electrons. The first-order valence-electron chi connectivity index (χ1n) is 8.77. The van der Waals surface area contributed by atoms with E-state index in [1.54, 1.807) is 6.07 Å². The third-order valence-electron chi connectivity index (χ3n) is 5.19. The van der Waals surface area contributed by atoms with E-state index in [4.69, 9.17) is 9.47 Å². The fourth-order valence-electron chi connectivity index (χ4n) is 3.74. The summed E-state index contributed by atoms with van der Waals surface area (Å²) < 4.78 is 38.8. The molecule has 3 aliphatic rings. The van der Waals surface area contributed by atoms with Crippen molar-refractivity contribution in [1.82, 2.24) is 4.31 Å². The maximum absolute atomic E-state index is 13.0. The van der Waals surface area contributed by atoms with Gasteiger partial charge < -0.3 is 14.8 Å². The number of ether oxygens (including phenoxy) is 2. The number of carbonyl (C=O) groups is 1. The molecule has 3 heterocycles. The molecule has 7 nitrogen and oxygen atoms in total. The maximum Gasteiger partial charge on any atom is 0.262 e. The summed E-state index contributed by atoms with van der Waals surface area (Å²) in [7, 11) is -3.63. The van der Waals surface area contributed by atoms with Crippen LogP contribution >= 0.6 is 0 Å². The highest BCUT2D eigenvalue weighted by atomic mass is 32.2. The van der Waals surface area contributed by atoms with Crippen LogP contribution in [0.15, 0.2) is 34.7 Å². The molecule has 1 amide bonds. The molecule has 0 aromatic heterocycles. The summed E-state index contributed by atoms with van der Waals surface area (Å²) in [6.45, 7) is 3.55. The van der Waals surface area contributed by atoms with E-state index in [9.17, 15) is 13.2 Å². The predicted octanol–water partition coefficient (Wildman–Crippen LogP) is 1.91. The first kappa shape index (κ1) is 17.5. The Morgan fingerprint density at radius 2 is 2.00 bits per heavy atom. The van der Waals surface area contributed by atoms with Crippen LogP contribution in [0.5, 0.6) is 5.75 Å². The zero-order chi connectivity index (χ0) is 18.4. The number of amides is 1. The van der Waals surface area contributed by atoms with Gasteiger partial charge in [0, 0.05) is 13.1 Å². The van der Waals surface area contributed by atoms with Crippen molar-refractivity contribution >= 4 is 21.6 Å². The number of carbonyl (C=O) groups excluding carboxylic acids is 1. The molecule has 4 rings (SSSR count). The Balaban J connectivity index is 1.54. The molecule has 0 unspecified atom stereocenters. The fraction of sp³-hybridized carbons (Fsp3) is 0.500. The summed E-state index contributed by atoms with van der Waals surface area (Å²) in [5, 5.41) is 2.65. The predicted molar refractivity (Wildman–Crippen MR) is 95.6 cm³/mol. The number of hydrogen-bond acceptors (Lipinski definition) is 5. The lowest BCUT2D eigenvalue weighted by molar-refractivity contribution is -0.118. The second kappa shape index (κ2) is 6.37. The third-order valence-corrected chi connectivity index (χ3v) is 7.08. The molecular weight excluding hydrogens is 356 g/mol. The van der Waals surface area contributed by atoms with Gasteiger partial charge in [-0.25, -0.2) is 8.42 Å². The standard InChI is InChI=1S/C18H22N2O5S/c1-13-4-9-25-18(11-13)5-7-20(8-6-18)26(22,23)14-2-3-16-15(10-14)19-17(21)12-24-16/h2-3,10-11H,4-9,12H2,1H3,(H,19,21). The fourth-order valence-corrected chi connectivity index (χ4v) is 5.21. The van der Waals surface area contributed by atoms with E-state index in [0.717, 1.165) is 6.42 Å². The van der Waals surface area contributed by atoms with Crippen LogP contribution < -0.4 is 10.1 Å². The number of fused-ring (bicyclic) bond motifs is 1. The smallest absolute Gasteiger partial charge is 0.262 e. The van der Waals surface area contributed by atoms with E-state index in [1.807, 2.05) is 0 Å². The minimum absolute atomic E-state index is 0.0553. The lowest BCUT2D eigenvalue weighted by atomic mass is 9.88. The number of rotatable bonds is 2. The van der Waals surface area contributed by atoms with Gasteiger partial charge in [0.05, 0.1) is 22.8 Å². The highest BCUT2D eigenvalue weighted by Gasteiger charge is 2.39. The van der Waals surface area contributed by atoms with Gasteiger partial charge in [0.25, 0.3) is 5.91 Å². The zero-order valence-corrected chi connectivity index (χ0v) is 15.5. The molecule has 0 bridgehead atoms. The summed E-state index contributed by atoms with van der Waals surface area (Å²) in [5.41, 5.74) is 1.37. The number of nitrogens with zero attached hydrogens (tertiary/aromatic N) is 1. The molecular formula is C18H22N2O5S. The SMILES string of the molecule is CC1=CC2(CCN(S(=O)(=O)c3ccc4c(c3)NC(=O)CO4)CC2)OCC1. The normalized spacial score (nSPS) is 23.0. The van der Waals surface area contributed by atoms with Gasteiger partial charge in [-0.3, -0.25) is 4.79 Å². The Morgan fingerprint density at radius 1 is 1.23 bits per heavy atom. The van der Waals surface area contributed by atoms with E-state index < -0.39 is 10.0 Å².